The summed E-state index contributed by atoms with van der Waals surface area (Å²) in [5, 5.41) is 7.85. The zero-order valence-corrected chi connectivity index (χ0v) is 23.2. The predicted molar refractivity (Wildman–Crippen MR) is 155 cm³/mol. The Morgan fingerprint density at radius 1 is 1.05 bits per heavy atom. The van der Waals surface area contributed by atoms with Crippen LogP contribution >= 0.6 is 24.0 Å². The Bertz CT molecular complexity index is 1440. The third-order valence-corrected chi connectivity index (χ3v) is 7.86. The maximum Gasteiger partial charge on any atom is 0.226 e. The number of anilines is 1. The van der Waals surface area contributed by atoms with Gasteiger partial charge in [0.2, 0.25) is 5.91 Å². The Balaban J connectivity index is 1.36. The van der Waals surface area contributed by atoms with Gasteiger partial charge in [0.15, 0.2) is 10.2 Å². The smallest absolute Gasteiger partial charge is 0.226 e. The molecule has 0 aliphatic carbocycles. The van der Waals surface area contributed by atoms with Crippen LogP contribution in [0.1, 0.15) is 46.6 Å². The standard InChI is InChI=1S/C30H30N4O2S2/c1-19-8-11-22(12-9-19)38-27-14-13-25(36-27)29-28(23-6-4-5-16-31-23)33-30(37)34(29)17-15-26(35)32-24-18-20(2)7-10-21(24)3/h4-14,16,18,28-29H,15,17H2,1-3H3,(H,32,35)(H,33,37)/t28-,29-/m0/s1. The molecule has 0 spiro atoms. The number of furan rings is 1. The Hall–Kier alpha value is -3.62. The largest absolute Gasteiger partial charge is 0.452 e. The molecule has 2 atom stereocenters. The van der Waals surface area contributed by atoms with Gasteiger partial charge >= 0.3 is 0 Å². The Labute approximate surface area is 232 Å². The molecule has 0 bridgehead atoms. The van der Waals surface area contributed by atoms with E-state index in [-0.39, 0.29) is 24.4 Å². The molecule has 2 N–H and O–H groups in total. The summed E-state index contributed by atoms with van der Waals surface area (Å²) in [4.78, 5) is 20.7. The number of aryl methyl sites for hydroxylation is 3. The fourth-order valence-corrected chi connectivity index (χ4v) is 5.64. The summed E-state index contributed by atoms with van der Waals surface area (Å²) in [6.07, 6.45) is 2.06. The molecule has 1 amide bonds. The average Bonchev–Trinajstić information content (AvgIpc) is 3.50. The van der Waals surface area contributed by atoms with Crippen LogP contribution in [-0.2, 0) is 4.79 Å². The molecule has 194 valence electrons. The van der Waals surface area contributed by atoms with Crippen LogP contribution in [0.3, 0.4) is 0 Å². The van der Waals surface area contributed by atoms with Gasteiger partial charge in [-0.1, -0.05) is 47.7 Å². The highest BCUT2D eigenvalue weighted by Gasteiger charge is 2.41. The predicted octanol–water partition coefficient (Wildman–Crippen LogP) is 6.75. The zero-order chi connectivity index (χ0) is 26.6. The van der Waals surface area contributed by atoms with Gasteiger partial charge in [0.05, 0.1) is 11.7 Å². The van der Waals surface area contributed by atoms with Gasteiger partial charge < -0.3 is 20.0 Å². The van der Waals surface area contributed by atoms with Crippen LogP contribution in [0.15, 0.2) is 93.4 Å². The van der Waals surface area contributed by atoms with E-state index >= 15 is 0 Å². The second-order valence-electron chi connectivity index (χ2n) is 9.51. The van der Waals surface area contributed by atoms with Crippen LogP contribution in [0.4, 0.5) is 5.69 Å². The number of hydrogen-bond acceptors (Lipinski definition) is 5. The normalized spacial score (nSPS) is 16.9. The minimum absolute atomic E-state index is 0.0587. The number of nitrogens with zero attached hydrogens (tertiary/aromatic N) is 2. The number of benzene rings is 2. The maximum absolute atomic E-state index is 12.9. The molecule has 0 radical (unpaired) electrons. The number of nitrogens with one attached hydrogen (secondary N) is 2. The first kappa shape index (κ1) is 26.0. The van der Waals surface area contributed by atoms with Crippen molar-refractivity contribution in [3.05, 3.63) is 107 Å². The van der Waals surface area contributed by atoms with Gasteiger partial charge in [-0.3, -0.25) is 9.78 Å². The van der Waals surface area contributed by atoms with E-state index in [1.54, 1.807) is 18.0 Å². The molecule has 1 aliphatic heterocycles. The molecule has 4 aromatic rings. The van der Waals surface area contributed by atoms with E-state index in [0.717, 1.165) is 38.3 Å². The summed E-state index contributed by atoms with van der Waals surface area (Å²) >= 11 is 7.33. The Morgan fingerprint density at radius 2 is 1.84 bits per heavy atom. The van der Waals surface area contributed by atoms with E-state index in [9.17, 15) is 4.79 Å². The summed E-state index contributed by atoms with van der Waals surface area (Å²) < 4.78 is 6.36. The number of aromatic nitrogens is 1. The SMILES string of the molecule is Cc1ccc(Sc2ccc([C@H]3[C@H](c4ccccn4)NC(=S)N3CCC(=O)Nc3cc(C)ccc3C)o2)cc1. The number of pyridine rings is 1. The topological polar surface area (TPSA) is 70.4 Å². The van der Waals surface area contributed by atoms with Crippen LogP contribution in [0, 0.1) is 20.8 Å². The first-order valence-corrected chi connectivity index (χ1v) is 13.8. The summed E-state index contributed by atoms with van der Waals surface area (Å²) in [6, 6.07) is 23.8. The monoisotopic (exact) mass is 542 g/mol. The number of hydrogen-bond donors (Lipinski definition) is 2. The molecule has 5 rings (SSSR count). The lowest BCUT2D eigenvalue weighted by Gasteiger charge is -2.25. The third kappa shape index (κ3) is 5.92. The molecule has 6 nitrogen and oxygen atoms in total. The van der Waals surface area contributed by atoms with Crippen molar-refractivity contribution < 1.29 is 9.21 Å². The third-order valence-electron chi connectivity index (χ3n) is 6.58. The van der Waals surface area contributed by atoms with Crippen molar-refractivity contribution >= 4 is 40.7 Å². The van der Waals surface area contributed by atoms with Crippen LogP contribution in [0.2, 0.25) is 0 Å². The molecule has 0 unspecified atom stereocenters. The number of carbonyl (C=O) groups is 1. The number of amides is 1. The first-order valence-electron chi connectivity index (χ1n) is 12.6. The summed E-state index contributed by atoms with van der Waals surface area (Å²) in [5.41, 5.74) is 5.06. The molecule has 38 heavy (non-hydrogen) atoms. The quantitative estimate of drug-likeness (QED) is 0.239. The maximum atomic E-state index is 12.9. The van der Waals surface area contributed by atoms with E-state index in [4.69, 9.17) is 16.6 Å². The van der Waals surface area contributed by atoms with E-state index in [1.807, 2.05) is 67.3 Å². The average molecular weight is 543 g/mol. The highest BCUT2D eigenvalue weighted by molar-refractivity contribution is 7.99. The molecule has 2 aromatic carbocycles. The summed E-state index contributed by atoms with van der Waals surface area (Å²) in [6.45, 7) is 6.52. The first-order chi connectivity index (χ1) is 18.4. The highest BCUT2D eigenvalue weighted by atomic mass is 32.2. The lowest BCUT2D eigenvalue weighted by molar-refractivity contribution is -0.116. The van der Waals surface area contributed by atoms with Gasteiger partial charge in [-0.2, -0.15) is 0 Å². The van der Waals surface area contributed by atoms with Crippen molar-refractivity contribution in [1.82, 2.24) is 15.2 Å². The van der Waals surface area contributed by atoms with Gasteiger partial charge in [0, 0.05) is 29.7 Å². The van der Waals surface area contributed by atoms with E-state index < -0.39 is 0 Å². The molecule has 0 saturated carbocycles. The number of carbonyl (C=O) groups excluding carboxylic acids is 1. The lowest BCUT2D eigenvalue weighted by atomic mass is 10.0. The lowest BCUT2D eigenvalue weighted by Crippen LogP contribution is -2.32. The molecule has 3 heterocycles. The van der Waals surface area contributed by atoms with Crippen molar-refractivity contribution in [3.63, 3.8) is 0 Å². The Kier molecular flexibility index (Phi) is 7.81. The van der Waals surface area contributed by atoms with E-state index in [0.29, 0.717) is 11.7 Å². The van der Waals surface area contributed by atoms with Gasteiger partial charge in [0.25, 0.3) is 0 Å². The minimum Gasteiger partial charge on any atom is -0.452 e. The van der Waals surface area contributed by atoms with Gasteiger partial charge in [-0.05, 0) is 86.6 Å². The second-order valence-corrected chi connectivity index (χ2v) is 11.0. The van der Waals surface area contributed by atoms with Crippen LogP contribution in [-0.4, -0.2) is 27.4 Å². The fourth-order valence-electron chi connectivity index (χ4n) is 4.53. The molecule has 1 aliphatic rings. The summed E-state index contributed by atoms with van der Waals surface area (Å²) in [5.74, 6) is 0.717. The molecule has 8 heteroatoms. The van der Waals surface area contributed by atoms with Crippen molar-refractivity contribution in [2.45, 2.75) is 49.3 Å². The van der Waals surface area contributed by atoms with Gasteiger partial charge in [0.1, 0.15) is 11.8 Å². The molecule has 2 aromatic heterocycles. The van der Waals surface area contributed by atoms with Crippen molar-refractivity contribution in [3.8, 4) is 0 Å². The minimum atomic E-state index is -0.238. The molecular formula is C30H30N4O2S2. The van der Waals surface area contributed by atoms with Crippen LogP contribution < -0.4 is 10.6 Å². The molecule has 1 saturated heterocycles. The Morgan fingerprint density at radius 3 is 2.61 bits per heavy atom. The molecular weight excluding hydrogens is 512 g/mol. The fraction of sp³-hybridized carbons (Fsp3) is 0.233. The highest BCUT2D eigenvalue weighted by Crippen LogP contribution is 2.41. The van der Waals surface area contributed by atoms with Crippen molar-refractivity contribution in [2.75, 3.05) is 11.9 Å². The van der Waals surface area contributed by atoms with Crippen LogP contribution in [0.5, 0.6) is 0 Å². The van der Waals surface area contributed by atoms with Gasteiger partial charge in [-0.15, -0.1) is 0 Å². The van der Waals surface area contributed by atoms with Crippen molar-refractivity contribution in [2.24, 2.45) is 0 Å². The van der Waals surface area contributed by atoms with Crippen molar-refractivity contribution in [1.29, 1.82) is 0 Å². The molecule has 1 fully saturated rings. The second kappa shape index (κ2) is 11.4. The summed E-state index contributed by atoms with van der Waals surface area (Å²) in [7, 11) is 0. The van der Waals surface area contributed by atoms with Crippen LogP contribution in [0.25, 0.3) is 0 Å². The van der Waals surface area contributed by atoms with E-state index in [2.05, 4.69) is 46.8 Å². The zero-order valence-electron chi connectivity index (χ0n) is 21.6. The number of thiocarbonyl (C=S) groups is 1. The van der Waals surface area contributed by atoms with E-state index in [1.165, 1.54) is 5.56 Å². The number of rotatable bonds is 8. The van der Waals surface area contributed by atoms with Gasteiger partial charge in [-0.25, -0.2) is 0 Å².